The van der Waals surface area contributed by atoms with Gasteiger partial charge in [-0.1, -0.05) is 37.6 Å². The fraction of sp³-hybridized carbons (Fsp3) is 0.333. The van der Waals surface area contributed by atoms with Crippen molar-refractivity contribution in [2.24, 2.45) is 11.7 Å². The Labute approximate surface area is 118 Å². The van der Waals surface area contributed by atoms with Crippen molar-refractivity contribution in [2.75, 3.05) is 0 Å². The van der Waals surface area contributed by atoms with Gasteiger partial charge in [-0.2, -0.15) is 0 Å². The molecule has 1 unspecified atom stereocenters. The molecule has 0 aliphatic carbocycles. The highest BCUT2D eigenvalue weighted by molar-refractivity contribution is 7.15. The zero-order chi connectivity index (χ0) is 13.3. The van der Waals surface area contributed by atoms with Crippen molar-refractivity contribution in [3.63, 3.8) is 0 Å². The molecule has 0 amide bonds. The first-order valence-corrected chi connectivity index (χ1v) is 7.30. The normalized spacial score (nSPS) is 13.0. The summed E-state index contributed by atoms with van der Waals surface area (Å²) in [5.74, 6) is 0.457. The van der Waals surface area contributed by atoms with Crippen LogP contribution in [0.5, 0.6) is 0 Å². The van der Waals surface area contributed by atoms with Gasteiger partial charge in [0.2, 0.25) is 0 Å². The Morgan fingerprint density at radius 1 is 1.17 bits per heavy atom. The van der Waals surface area contributed by atoms with E-state index in [1.165, 1.54) is 9.75 Å². The lowest BCUT2D eigenvalue weighted by Gasteiger charge is -2.12. The van der Waals surface area contributed by atoms with Crippen molar-refractivity contribution >= 4 is 22.9 Å². The molecule has 0 bridgehead atoms. The first-order chi connectivity index (χ1) is 8.49. The van der Waals surface area contributed by atoms with E-state index < -0.39 is 0 Å². The minimum Gasteiger partial charge on any atom is -0.323 e. The second-order valence-corrected chi connectivity index (χ2v) is 6.46. The summed E-state index contributed by atoms with van der Waals surface area (Å²) in [4.78, 5) is 2.46. The molecule has 0 aliphatic rings. The molecule has 0 spiro atoms. The van der Waals surface area contributed by atoms with Crippen LogP contribution in [-0.4, -0.2) is 0 Å². The Morgan fingerprint density at radius 3 is 2.50 bits per heavy atom. The quantitative estimate of drug-likeness (QED) is 0.837. The molecule has 96 valence electrons. The zero-order valence-electron chi connectivity index (χ0n) is 10.9. The number of benzene rings is 1. The first-order valence-electron chi connectivity index (χ1n) is 6.11. The van der Waals surface area contributed by atoms with Gasteiger partial charge in [0, 0.05) is 20.8 Å². The molecule has 1 aromatic carbocycles. The van der Waals surface area contributed by atoms with Crippen molar-refractivity contribution in [3.05, 3.63) is 45.8 Å². The summed E-state index contributed by atoms with van der Waals surface area (Å²) in [5.41, 5.74) is 8.44. The maximum Gasteiger partial charge on any atom is 0.0441 e. The SMILES string of the molecule is Cc1ccc(-c2ccc(C(N)C(C)C)s2)cc1Cl. The number of thiophene rings is 1. The summed E-state index contributed by atoms with van der Waals surface area (Å²) in [6, 6.07) is 10.6. The van der Waals surface area contributed by atoms with Gasteiger partial charge in [0.15, 0.2) is 0 Å². The highest BCUT2D eigenvalue weighted by Gasteiger charge is 2.13. The monoisotopic (exact) mass is 279 g/mol. The van der Waals surface area contributed by atoms with E-state index in [0.717, 1.165) is 16.1 Å². The molecule has 0 aliphatic heterocycles. The van der Waals surface area contributed by atoms with Gasteiger partial charge in [-0.05, 0) is 42.2 Å². The minimum atomic E-state index is 0.115. The molecular formula is C15H18ClNS. The smallest absolute Gasteiger partial charge is 0.0441 e. The summed E-state index contributed by atoms with van der Waals surface area (Å²) in [6.45, 7) is 6.31. The Morgan fingerprint density at radius 2 is 1.89 bits per heavy atom. The molecule has 0 saturated carbocycles. The fourth-order valence-electron chi connectivity index (χ4n) is 1.76. The van der Waals surface area contributed by atoms with Crippen LogP contribution in [0.3, 0.4) is 0 Å². The predicted molar refractivity (Wildman–Crippen MR) is 81.3 cm³/mol. The maximum absolute atomic E-state index is 6.17. The van der Waals surface area contributed by atoms with Crippen LogP contribution in [0, 0.1) is 12.8 Å². The van der Waals surface area contributed by atoms with E-state index in [2.05, 4.69) is 38.1 Å². The summed E-state index contributed by atoms with van der Waals surface area (Å²) < 4.78 is 0. The number of hydrogen-bond donors (Lipinski definition) is 1. The Bertz CT molecular complexity index is 545. The van der Waals surface area contributed by atoms with E-state index in [9.17, 15) is 0 Å². The largest absolute Gasteiger partial charge is 0.323 e. The van der Waals surface area contributed by atoms with Crippen molar-refractivity contribution in [1.82, 2.24) is 0 Å². The van der Waals surface area contributed by atoms with E-state index in [1.807, 2.05) is 13.0 Å². The maximum atomic E-state index is 6.17. The van der Waals surface area contributed by atoms with Crippen LogP contribution < -0.4 is 5.73 Å². The van der Waals surface area contributed by atoms with Crippen molar-refractivity contribution in [2.45, 2.75) is 26.8 Å². The Hall–Kier alpha value is -0.830. The third kappa shape index (κ3) is 2.77. The summed E-state index contributed by atoms with van der Waals surface area (Å²) in [7, 11) is 0. The summed E-state index contributed by atoms with van der Waals surface area (Å²) in [5, 5.41) is 0.815. The summed E-state index contributed by atoms with van der Waals surface area (Å²) in [6.07, 6.45) is 0. The van der Waals surface area contributed by atoms with Gasteiger partial charge in [-0.25, -0.2) is 0 Å². The highest BCUT2D eigenvalue weighted by atomic mass is 35.5. The fourth-order valence-corrected chi connectivity index (χ4v) is 3.12. The van der Waals surface area contributed by atoms with Crippen molar-refractivity contribution in [1.29, 1.82) is 0 Å². The molecule has 0 radical (unpaired) electrons. The van der Waals surface area contributed by atoms with Crippen LogP contribution in [0.4, 0.5) is 0 Å². The lowest BCUT2D eigenvalue weighted by molar-refractivity contribution is 0.521. The standard InChI is InChI=1S/C15H18ClNS/c1-9(2)15(17)14-7-6-13(18-14)11-5-4-10(3)12(16)8-11/h4-9,15H,17H2,1-3H3. The predicted octanol–water partition coefficient (Wildman–Crippen LogP) is 5.03. The second-order valence-electron chi connectivity index (χ2n) is 4.94. The van der Waals surface area contributed by atoms with Crippen LogP contribution in [0.15, 0.2) is 30.3 Å². The molecule has 1 heterocycles. The topological polar surface area (TPSA) is 26.0 Å². The lowest BCUT2D eigenvalue weighted by atomic mass is 10.0. The third-order valence-electron chi connectivity index (χ3n) is 3.13. The van der Waals surface area contributed by atoms with E-state index in [4.69, 9.17) is 17.3 Å². The van der Waals surface area contributed by atoms with Gasteiger partial charge in [0.25, 0.3) is 0 Å². The van der Waals surface area contributed by atoms with Gasteiger partial charge in [0.05, 0.1) is 0 Å². The van der Waals surface area contributed by atoms with Crippen LogP contribution in [0.25, 0.3) is 10.4 Å². The highest BCUT2D eigenvalue weighted by Crippen LogP contribution is 2.34. The van der Waals surface area contributed by atoms with Gasteiger partial charge in [0.1, 0.15) is 0 Å². The van der Waals surface area contributed by atoms with E-state index in [1.54, 1.807) is 11.3 Å². The van der Waals surface area contributed by atoms with Crippen LogP contribution >= 0.6 is 22.9 Å². The van der Waals surface area contributed by atoms with Crippen LogP contribution in [-0.2, 0) is 0 Å². The molecule has 2 aromatic rings. The molecule has 2 rings (SSSR count). The Balaban J connectivity index is 2.32. The van der Waals surface area contributed by atoms with Gasteiger partial charge < -0.3 is 5.73 Å². The average Bonchev–Trinajstić information content (AvgIpc) is 2.81. The third-order valence-corrected chi connectivity index (χ3v) is 4.77. The van der Waals surface area contributed by atoms with Gasteiger partial charge in [-0.15, -0.1) is 11.3 Å². The van der Waals surface area contributed by atoms with Gasteiger partial charge >= 0.3 is 0 Å². The minimum absolute atomic E-state index is 0.115. The van der Waals surface area contributed by atoms with E-state index in [-0.39, 0.29) is 6.04 Å². The Kier molecular flexibility index (Phi) is 4.10. The first kappa shape index (κ1) is 13.6. The zero-order valence-corrected chi connectivity index (χ0v) is 12.5. The number of rotatable bonds is 3. The number of halogens is 1. The number of nitrogens with two attached hydrogens (primary N) is 1. The molecule has 18 heavy (non-hydrogen) atoms. The second kappa shape index (κ2) is 5.43. The van der Waals surface area contributed by atoms with Crippen molar-refractivity contribution in [3.8, 4) is 10.4 Å². The van der Waals surface area contributed by atoms with Crippen LogP contribution in [0.1, 0.15) is 30.3 Å². The van der Waals surface area contributed by atoms with E-state index in [0.29, 0.717) is 5.92 Å². The van der Waals surface area contributed by atoms with Gasteiger partial charge in [-0.3, -0.25) is 0 Å². The molecule has 1 nitrogen and oxygen atoms in total. The molecule has 3 heteroatoms. The summed E-state index contributed by atoms with van der Waals surface area (Å²) >= 11 is 7.92. The molecule has 1 aromatic heterocycles. The molecule has 2 N–H and O–H groups in total. The number of aryl methyl sites for hydroxylation is 1. The molecule has 0 fully saturated rings. The lowest BCUT2D eigenvalue weighted by Crippen LogP contribution is -2.14. The number of hydrogen-bond acceptors (Lipinski definition) is 2. The molecule has 0 saturated heterocycles. The van der Waals surface area contributed by atoms with Crippen LogP contribution in [0.2, 0.25) is 5.02 Å². The molecular weight excluding hydrogens is 262 g/mol. The van der Waals surface area contributed by atoms with E-state index >= 15 is 0 Å². The average molecular weight is 280 g/mol. The van der Waals surface area contributed by atoms with Crippen molar-refractivity contribution < 1.29 is 0 Å². The molecule has 1 atom stereocenters.